The number of carbonyl (C=O) groups is 2. The summed E-state index contributed by atoms with van der Waals surface area (Å²) in [5, 5.41) is 0.506. The molecule has 33 heavy (non-hydrogen) atoms. The van der Waals surface area contributed by atoms with Crippen LogP contribution >= 0.6 is 11.6 Å². The molecule has 0 saturated carbocycles. The number of esters is 1. The number of aryl methyl sites for hydroxylation is 1. The first kappa shape index (κ1) is 24.6. The van der Waals surface area contributed by atoms with Crippen LogP contribution in [0.1, 0.15) is 30.3 Å². The number of ether oxygens (including phenoxy) is 3. The number of benzene rings is 1. The van der Waals surface area contributed by atoms with Crippen molar-refractivity contribution in [1.82, 2.24) is 9.47 Å². The van der Waals surface area contributed by atoms with Crippen molar-refractivity contribution in [2.24, 2.45) is 0 Å². The van der Waals surface area contributed by atoms with Gasteiger partial charge in [0.25, 0.3) is 5.91 Å². The molecule has 1 aliphatic rings. The van der Waals surface area contributed by atoms with Crippen LogP contribution in [0.5, 0.6) is 5.75 Å². The molecule has 0 atom stereocenters. The number of carbonyl (C=O) groups excluding carboxylic acids is 2. The molecule has 1 aliphatic heterocycles. The SMILES string of the molecule is COCCCN1C(=O)/C(=C\c2cc(C)n(-c3ccc(OC)c(Cl)c3)c2C)C(C(=O)OC)=C1C. The summed E-state index contributed by atoms with van der Waals surface area (Å²) in [6, 6.07) is 7.55. The number of nitrogens with zero attached hydrogens (tertiary/aromatic N) is 2. The first-order valence-corrected chi connectivity index (χ1v) is 11.0. The fourth-order valence-electron chi connectivity index (χ4n) is 4.15. The quantitative estimate of drug-likeness (QED) is 0.322. The highest BCUT2D eigenvalue weighted by Crippen LogP contribution is 2.34. The predicted molar refractivity (Wildman–Crippen MR) is 128 cm³/mol. The number of halogens is 1. The molecule has 0 radical (unpaired) electrons. The minimum absolute atomic E-state index is 0.221. The summed E-state index contributed by atoms with van der Waals surface area (Å²) >= 11 is 6.33. The Balaban J connectivity index is 2.06. The van der Waals surface area contributed by atoms with Gasteiger partial charge in [-0.05, 0) is 63.1 Å². The number of allylic oxidation sites excluding steroid dienone is 1. The Morgan fingerprint density at radius 2 is 1.85 bits per heavy atom. The summed E-state index contributed by atoms with van der Waals surface area (Å²) in [6.07, 6.45) is 2.42. The molecule has 2 heterocycles. The largest absolute Gasteiger partial charge is 0.495 e. The van der Waals surface area contributed by atoms with Gasteiger partial charge in [0.1, 0.15) is 5.75 Å². The molecule has 0 N–H and O–H groups in total. The second-order valence-corrected chi connectivity index (χ2v) is 8.20. The molecule has 0 fully saturated rings. The van der Waals surface area contributed by atoms with Crippen molar-refractivity contribution >= 4 is 29.6 Å². The van der Waals surface area contributed by atoms with E-state index in [9.17, 15) is 9.59 Å². The lowest BCUT2D eigenvalue weighted by molar-refractivity contribution is -0.136. The Morgan fingerprint density at radius 1 is 1.12 bits per heavy atom. The first-order chi connectivity index (χ1) is 15.7. The van der Waals surface area contributed by atoms with E-state index in [0.717, 1.165) is 22.6 Å². The molecule has 0 aliphatic carbocycles. The van der Waals surface area contributed by atoms with Gasteiger partial charge in [-0.2, -0.15) is 0 Å². The summed E-state index contributed by atoms with van der Waals surface area (Å²) in [6.45, 7) is 6.68. The fraction of sp³-hybridized carbons (Fsp3) is 0.360. The Bertz CT molecular complexity index is 1150. The molecule has 176 valence electrons. The molecule has 1 amide bonds. The Labute approximate surface area is 199 Å². The maximum atomic E-state index is 13.3. The summed E-state index contributed by atoms with van der Waals surface area (Å²) in [7, 11) is 4.51. The van der Waals surface area contributed by atoms with Gasteiger partial charge < -0.3 is 23.7 Å². The molecular formula is C25H29ClN2O5. The van der Waals surface area contributed by atoms with E-state index in [-0.39, 0.29) is 11.5 Å². The molecule has 0 spiro atoms. The van der Waals surface area contributed by atoms with E-state index in [4.69, 9.17) is 25.8 Å². The van der Waals surface area contributed by atoms with Gasteiger partial charge in [-0.25, -0.2) is 4.79 Å². The highest BCUT2D eigenvalue weighted by atomic mass is 35.5. The molecule has 2 aromatic rings. The first-order valence-electron chi connectivity index (χ1n) is 10.6. The Kier molecular flexibility index (Phi) is 7.66. The maximum absolute atomic E-state index is 13.3. The van der Waals surface area contributed by atoms with Crippen LogP contribution < -0.4 is 4.74 Å². The van der Waals surface area contributed by atoms with Crippen LogP contribution in [0.15, 0.2) is 41.1 Å². The molecule has 8 heteroatoms. The van der Waals surface area contributed by atoms with Gasteiger partial charge in [0, 0.05) is 43.0 Å². The van der Waals surface area contributed by atoms with Crippen LogP contribution in [0.3, 0.4) is 0 Å². The lowest BCUT2D eigenvalue weighted by atomic mass is 10.0. The molecule has 0 unspecified atom stereocenters. The molecule has 7 nitrogen and oxygen atoms in total. The zero-order valence-electron chi connectivity index (χ0n) is 19.8. The molecule has 1 aromatic carbocycles. The van der Waals surface area contributed by atoms with E-state index in [2.05, 4.69) is 0 Å². The third-order valence-electron chi connectivity index (χ3n) is 5.79. The van der Waals surface area contributed by atoms with Crippen LogP contribution in [-0.4, -0.2) is 55.8 Å². The maximum Gasteiger partial charge on any atom is 0.340 e. The molecule has 3 rings (SSSR count). The van der Waals surface area contributed by atoms with E-state index in [1.807, 2.05) is 42.7 Å². The van der Waals surface area contributed by atoms with E-state index >= 15 is 0 Å². The average Bonchev–Trinajstić information content (AvgIpc) is 3.20. The van der Waals surface area contributed by atoms with E-state index < -0.39 is 5.97 Å². The van der Waals surface area contributed by atoms with Crippen LogP contribution in [0, 0.1) is 13.8 Å². The van der Waals surface area contributed by atoms with Crippen molar-refractivity contribution in [1.29, 1.82) is 0 Å². The summed E-state index contributed by atoms with van der Waals surface area (Å²) in [5.41, 5.74) is 4.78. The minimum atomic E-state index is -0.530. The lowest BCUT2D eigenvalue weighted by Crippen LogP contribution is -2.26. The van der Waals surface area contributed by atoms with Crippen molar-refractivity contribution in [3.05, 3.63) is 63.1 Å². The zero-order valence-corrected chi connectivity index (χ0v) is 20.6. The lowest BCUT2D eigenvalue weighted by Gasteiger charge is -2.17. The molecule has 0 bridgehead atoms. The Hall–Kier alpha value is -3.03. The van der Waals surface area contributed by atoms with Crippen LogP contribution in [0.4, 0.5) is 0 Å². The fourth-order valence-corrected chi connectivity index (χ4v) is 4.40. The number of hydrogen-bond donors (Lipinski definition) is 0. The highest BCUT2D eigenvalue weighted by Gasteiger charge is 2.36. The molecule has 0 saturated heterocycles. The normalized spacial score (nSPS) is 15.1. The number of methoxy groups -OCH3 is 3. The van der Waals surface area contributed by atoms with Crippen molar-refractivity contribution in [2.45, 2.75) is 27.2 Å². The van der Waals surface area contributed by atoms with Crippen molar-refractivity contribution < 1.29 is 23.8 Å². The van der Waals surface area contributed by atoms with Crippen molar-refractivity contribution in [2.75, 3.05) is 34.5 Å². The van der Waals surface area contributed by atoms with Crippen molar-refractivity contribution in [3.8, 4) is 11.4 Å². The molecule has 1 aromatic heterocycles. The number of aromatic nitrogens is 1. The third-order valence-corrected chi connectivity index (χ3v) is 6.09. The monoisotopic (exact) mass is 472 g/mol. The van der Waals surface area contributed by atoms with Gasteiger partial charge in [0.15, 0.2) is 0 Å². The van der Waals surface area contributed by atoms with E-state index in [1.54, 1.807) is 32.1 Å². The topological polar surface area (TPSA) is 70.0 Å². The number of hydrogen-bond acceptors (Lipinski definition) is 5. The average molecular weight is 473 g/mol. The number of rotatable bonds is 8. The highest BCUT2D eigenvalue weighted by molar-refractivity contribution is 6.32. The van der Waals surface area contributed by atoms with Gasteiger partial charge >= 0.3 is 5.97 Å². The smallest absolute Gasteiger partial charge is 0.340 e. The second kappa shape index (κ2) is 10.3. The van der Waals surface area contributed by atoms with Crippen molar-refractivity contribution in [3.63, 3.8) is 0 Å². The Morgan fingerprint density at radius 3 is 2.45 bits per heavy atom. The van der Waals surface area contributed by atoms with Crippen LogP contribution in [0.25, 0.3) is 11.8 Å². The van der Waals surface area contributed by atoms with Gasteiger partial charge in [-0.15, -0.1) is 0 Å². The predicted octanol–water partition coefficient (Wildman–Crippen LogP) is 4.47. The van der Waals surface area contributed by atoms with Gasteiger partial charge in [-0.1, -0.05) is 11.6 Å². The number of amides is 1. The van der Waals surface area contributed by atoms with E-state index in [1.165, 1.54) is 7.11 Å². The second-order valence-electron chi connectivity index (χ2n) is 7.79. The van der Waals surface area contributed by atoms with Crippen LogP contribution in [-0.2, 0) is 19.1 Å². The summed E-state index contributed by atoms with van der Waals surface area (Å²) in [5.74, 6) is -0.156. The third kappa shape index (κ3) is 4.70. The standard InChI is InChI=1S/C25H29ClN2O5/c1-15-12-18(16(2)28(15)19-8-9-22(32-5)21(26)14-19)13-20-23(25(30)33-6)17(3)27(24(20)29)10-7-11-31-4/h8-9,12-14H,7,10-11H2,1-6H3/b20-13-. The van der Waals surface area contributed by atoms with Gasteiger partial charge in [0.05, 0.1) is 30.4 Å². The zero-order chi connectivity index (χ0) is 24.3. The minimum Gasteiger partial charge on any atom is -0.495 e. The van der Waals surface area contributed by atoms with Crippen LogP contribution in [0.2, 0.25) is 5.02 Å². The summed E-state index contributed by atoms with van der Waals surface area (Å²) in [4.78, 5) is 27.4. The summed E-state index contributed by atoms with van der Waals surface area (Å²) < 4.78 is 17.4. The van der Waals surface area contributed by atoms with Gasteiger partial charge in [-0.3, -0.25) is 4.79 Å². The molecular weight excluding hydrogens is 444 g/mol. The van der Waals surface area contributed by atoms with E-state index in [0.29, 0.717) is 41.6 Å². The van der Waals surface area contributed by atoms with Gasteiger partial charge in [0.2, 0.25) is 0 Å².